The Kier molecular flexibility index (Phi) is 2.35. The summed E-state index contributed by atoms with van der Waals surface area (Å²) in [7, 11) is 0. The van der Waals surface area contributed by atoms with Crippen molar-refractivity contribution >= 4 is 17.7 Å². The lowest BCUT2D eigenvalue weighted by Crippen LogP contribution is -2.60. The van der Waals surface area contributed by atoms with Gasteiger partial charge < -0.3 is 16.6 Å². The van der Waals surface area contributed by atoms with Gasteiger partial charge in [-0.3, -0.25) is 4.79 Å². The Hall–Kier alpha value is -1.30. The number of fused-ring (bicyclic) bond motifs is 1. The first-order chi connectivity index (χ1) is 8.47. The summed E-state index contributed by atoms with van der Waals surface area (Å²) in [4.78, 5) is 11.4. The lowest BCUT2D eigenvalue weighted by Gasteiger charge is -2.32. The summed E-state index contributed by atoms with van der Waals surface area (Å²) >= 11 is 1.61. The maximum atomic E-state index is 11.4. The molecule has 1 aliphatic heterocycles. The second kappa shape index (κ2) is 3.60. The maximum absolute atomic E-state index is 11.4. The Bertz CT molecular complexity index is 529. The minimum Gasteiger partial charge on any atom is -0.481 e. The van der Waals surface area contributed by atoms with Gasteiger partial charge >= 0.3 is 5.97 Å². The number of carbonyl (C=O) groups is 1. The molecule has 5 N–H and O–H groups in total. The average molecular weight is 262 g/mol. The van der Waals surface area contributed by atoms with Gasteiger partial charge in [0, 0.05) is 5.25 Å². The molecule has 3 unspecified atom stereocenters. The molecule has 18 heavy (non-hydrogen) atoms. The predicted molar refractivity (Wildman–Crippen MR) is 70.9 cm³/mol. The molecule has 5 heteroatoms. The molecule has 1 fully saturated rings. The lowest BCUT2D eigenvalue weighted by molar-refractivity contribution is -0.143. The van der Waals surface area contributed by atoms with Gasteiger partial charge in [0.2, 0.25) is 0 Å². The molecule has 0 spiro atoms. The first kappa shape index (κ1) is 11.8. The fourth-order valence-corrected chi connectivity index (χ4v) is 4.24. The van der Waals surface area contributed by atoms with Crippen LogP contribution in [0.1, 0.15) is 5.56 Å². The summed E-state index contributed by atoms with van der Waals surface area (Å²) in [6.07, 6.45) is 3.59. The molecule has 1 heterocycles. The third-order valence-corrected chi connectivity index (χ3v) is 5.30. The van der Waals surface area contributed by atoms with Crippen LogP contribution in [0.4, 0.5) is 0 Å². The quantitative estimate of drug-likeness (QED) is 0.418. The second-order valence-corrected chi connectivity index (χ2v) is 6.27. The molecular weight excluding hydrogens is 248 g/mol. The average Bonchev–Trinajstić information content (AvgIpc) is 3.04. The van der Waals surface area contributed by atoms with E-state index < -0.39 is 17.6 Å². The van der Waals surface area contributed by atoms with Crippen molar-refractivity contribution in [3.05, 3.63) is 48.0 Å². The molecule has 0 aromatic heterocycles. The summed E-state index contributed by atoms with van der Waals surface area (Å²) in [5.74, 6) is -1.69. The largest absolute Gasteiger partial charge is 0.481 e. The van der Waals surface area contributed by atoms with Gasteiger partial charge in [0.25, 0.3) is 0 Å². The first-order valence-corrected chi connectivity index (χ1v) is 6.60. The van der Waals surface area contributed by atoms with Crippen LogP contribution in [0.3, 0.4) is 0 Å². The number of rotatable bonds is 2. The van der Waals surface area contributed by atoms with E-state index in [4.69, 9.17) is 11.5 Å². The molecule has 1 saturated heterocycles. The lowest BCUT2D eigenvalue weighted by atomic mass is 9.77. The van der Waals surface area contributed by atoms with Crippen LogP contribution in [-0.2, 0) is 9.54 Å². The van der Waals surface area contributed by atoms with Crippen LogP contribution < -0.4 is 11.5 Å². The Labute approximate surface area is 109 Å². The molecule has 0 radical (unpaired) electrons. The van der Waals surface area contributed by atoms with E-state index in [0.717, 1.165) is 5.56 Å². The molecule has 2 aliphatic rings. The Morgan fingerprint density at radius 3 is 2.50 bits per heavy atom. The summed E-state index contributed by atoms with van der Waals surface area (Å²) in [6, 6.07) is 9.87. The number of aliphatic carboxylic acids is 1. The van der Waals surface area contributed by atoms with Gasteiger partial charge in [-0.2, -0.15) is 0 Å². The summed E-state index contributed by atoms with van der Waals surface area (Å²) in [5.41, 5.74) is 11.6. The van der Waals surface area contributed by atoms with E-state index in [-0.39, 0.29) is 10.00 Å². The van der Waals surface area contributed by atoms with E-state index >= 15 is 0 Å². The van der Waals surface area contributed by atoms with Gasteiger partial charge in [-0.1, -0.05) is 42.5 Å². The number of hydrogen-bond acceptors (Lipinski definition) is 4. The minimum absolute atomic E-state index is 0.0857. The molecule has 0 amide bonds. The van der Waals surface area contributed by atoms with Crippen LogP contribution >= 0.6 is 11.8 Å². The molecule has 1 aromatic carbocycles. The van der Waals surface area contributed by atoms with Crippen LogP contribution in [-0.4, -0.2) is 22.0 Å². The zero-order chi connectivity index (χ0) is 13.0. The number of benzene rings is 1. The van der Waals surface area contributed by atoms with Crippen molar-refractivity contribution in [2.45, 2.75) is 15.7 Å². The van der Waals surface area contributed by atoms with Gasteiger partial charge in [0.15, 0.2) is 0 Å². The third kappa shape index (κ3) is 1.51. The van der Waals surface area contributed by atoms with Crippen molar-refractivity contribution in [3.63, 3.8) is 0 Å². The van der Waals surface area contributed by atoms with Crippen LogP contribution in [0.15, 0.2) is 42.5 Å². The molecule has 1 aliphatic carbocycles. The highest BCUT2D eigenvalue weighted by Crippen LogP contribution is 2.67. The second-order valence-electron chi connectivity index (χ2n) is 4.85. The third-order valence-electron chi connectivity index (χ3n) is 3.64. The maximum Gasteiger partial charge on any atom is 0.311 e. The molecule has 0 bridgehead atoms. The first-order valence-electron chi connectivity index (χ1n) is 5.72. The number of hydrogen-bond donors (Lipinski definition) is 3. The fourth-order valence-electron chi connectivity index (χ4n) is 2.63. The van der Waals surface area contributed by atoms with E-state index in [2.05, 4.69) is 0 Å². The van der Waals surface area contributed by atoms with Crippen molar-refractivity contribution in [3.8, 4) is 0 Å². The predicted octanol–water partition coefficient (Wildman–Crippen LogP) is 0.882. The molecular formula is C13H14N2O2S. The highest BCUT2D eigenvalue weighted by molar-refractivity contribution is 8.08. The van der Waals surface area contributed by atoms with E-state index in [0.29, 0.717) is 0 Å². The van der Waals surface area contributed by atoms with Crippen LogP contribution in [0.5, 0.6) is 0 Å². The SMILES string of the molecule is NC1(N)C=CC2(c3ccccc3)SC2C1C(=O)O. The normalized spacial score (nSPS) is 35.9. The van der Waals surface area contributed by atoms with E-state index in [9.17, 15) is 9.90 Å². The number of thioether (sulfide) groups is 1. The van der Waals surface area contributed by atoms with Crippen molar-refractivity contribution in [2.24, 2.45) is 17.4 Å². The molecule has 3 atom stereocenters. The summed E-state index contributed by atoms with van der Waals surface area (Å²) < 4.78 is -0.257. The number of carboxylic acid groups (broad SMARTS) is 1. The highest BCUT2D eigenvalue weighted by atomic mass is 32.2. The van der Waals surface area contributed by atoms with E-state index in [1.54, 1.807) is 17.8 Å². The van der Waals surface area contributed by atoms with Gasteiger partial charge in [-0.25, -0.2) is 0 Å². The molecule has 0 saturated carbocycles. The fraction of sp³-hybridized carbons (Fsp3) is 0.308. The van der Waals surface area contributed by atoms with Gasteiger partial charge in [-0.05, 0) is 5.56 Å². The van der Waals surface area contributed by atoms with Crippen LogP contribution in [0.2, 0.25) is 0 Å². The zero-order valence-corrected chi connectivity index (χ0v) is 10.4. The van der Waals surface area contributed by atoms with Crippen molar-refractivity contribution in [2.75, 3.05) is 0 Å². The molecule has 1 aromatic rings. The Morgan fingerprint density at radius 1 is 1.22 bits per heavy atom. The highest BCUT2D eigenvalue weighted by Gasteiger charge is 2.66. The monoisotopic (exact) mass is 262 g/mol. The van der Waals surface area contributed by atoms with Gasteiger partial charge in [0.1, 0.15) is 5.92 Å². The molecule has 3 rings (SSSR count). The van der Waals surface area contributed by atoms with Crippen LogP contribution in [0, 0.1) is 5.92 Å². The number of nitrogens with two attached hydrogens (primary N) is 2. The zero-order valence-electron chi connectivity index (χ0n) is 9.61. The van der Waals surface area contributed by atoms with E-state index in [1.807, 2.05) is 36.4 Å². The number of carboxylic acids is 1. The summed E-state index contributed by atoms with van der Waals surface area (Å²) in [6.45, 7) is 0. The van der Waals surface area contributed by atoms with Gasteiger partial charge in [-0.15, -0.1) is 11.8 Å². The van der Waals surface area contributed by atoms with E-state index in [1.165, 1.54) is 0 Å². The topological polar surface area (TPSA) is 89.3 Å². The van der Waals surface area contributed by atoms with Crippen molar-refractivity contribution in [1.82, 2.24) is 0 Å². The standard InChI is InChI=1S/C13H14N2O2S/c14-13(15)7-6-12(8-4-2-1-3-5-8)10(18-12)9(13)11(16)17/h1-7,9-10H,14-15H2,(H,16,17). The Balaban J connectivity index is 2.03. The summed E-state index contributed by atoms with van der Waals surface area (Å²) in [5, 5.41) is 9.24. The smallest absolute Gasteiger partial charge is 0.311 e. The van der Waals surface area contributed by atoms with Crippen molar-refractivity contribution < 1.29 is 9.90 Å². The van der Waals surface area contributed by atoms with Gasteiger partial charge in [0.05, 0.1) is 10.4 Å². The Morgan fingerprint density at radius 2 is 1.89 bits per heavy atom. The molecule has 94 valence electrons. The minimum atomic E-state index is -1.27. The van der Waals surface area contributed by atoms with Crippen LogP contribution in [0.25, 0.3) is 0 Å². The van der Waals surface area contributed by atoms with Crippen molar-refractivity contribution in [1.29, 1.82) is 0 Å². The molecule has 4 nitrogen and oxygen atoms in total.